The molecule has 1 unspecified atom stereocenters. The van der Waals surface area contributed by atoms with E-state index in [1.807, 2.05) is 11.8 Å². The topological polar surface area (TPSA) is 39.9 Å². The summed E-state index contributed by atoms with van der Waals surface area (Å²) in [6, 6.07) is 2.06. The van der Waals surface area contributed by atoms with Crippen molar-refractivity contribution in [1.29, 1.82) is 5.26 Å². The maximum Gasteiger partial charge on any atom is 0.188 e. The van der Waals surface area contributed by atoms with Gasteiger partial charge in [-0.1, -0.05) is 29.9 Å². The Morgan fingerprint density at radius 1 is 1.67 bits per heavy atom. The highest BCUT2D eigenvalue weighted by atomic mass is 35.5. The molecule has 0 saturated carbocycles. The highest BCUT2D eigenvalue weighted by molar-refractivity contribution is 8.00. The van der Waals surface area contributed by atoms with Gasteiger partial charge >= 0.3 is 0 Å². The Bertz CT molecular complexity index is 399. The van der Waals surface area contributed by atoms with Crippen molar-refractivity contribution in [3.63, 3.8) is 0 Å². The molecule has 15 heavy (non-hydrogen) atoms. The van der Waals surface area contributed by atoms with Crippen LogP contribution in [0.2, 0.25) is 5.15 Å². The van der Waals surface area contributed by atoms with Gasteiger partial charge in [0.1, 0.15) is 10.9 Å². The third kappa shape index (κ3) is 2.39. The molecule has 0 aromatic carbocycles. The second kappa shape index (κ2) is 4.60. The number of nitriles is 1. The first kappa shape index (κ1) is 11.1. The maximum atomic E-state index is 8.80. The van der Waals surface area contributed by atoms with E-state index < -0.39 is 0 Å². The van der Waals surface area contributed by atoms with Gasteiger partial charge < -0.3 is 4.90 Å². The van der Waals surface area contributed by atoms with Gasteiger partial charge in [-0.2, -0.15) is 17.0 Å². The molecule has 0 radical (unpaired) electrons. The lowest BCUT2D eigenvalue weighted by Gasteiger charge is -2.29. The predicted molar refractivity (Wildman–Crippen MR) is 66.0 cm³/mol. The number of hydrogen-bond acceptors (Lipinski definition) is 5. The third-order valence-electron chi connectivity index (χ3n) is 2.19. The maximum absolute atomic E-state index is 8.80. The quantitative estimate of drug-likeness (QED) is 0.777. The number of thiazole rings is 1. The second-order valence-corrected chi connectivity index (χ2v) is 6.24. The highest BCUT2D eigenvalue weighted by Gasteiger charge is 2.21. The van der Waals surface area contributed by atoms with Gasteiger partial charge in [-0.05, 0) is 0 Å². The molecule has 2 heterocycles. The van der Waals surface area contributed by atoms with E-state index in [1.165, 1.54) is 11.3 Å². The summed E-state index contributed by atoms with van der Waals surface area (Å²) >= 11 is 9.20. The third-order valence-corrected chi connectivity index (χ3v) is 4.73. The first-order valence-electron chi connectivity index (χ1n) is 4.63. The van der Waals surface area contributed by atoms with Crippen LogP contribution in [0.25, 0.3) is 0 Å². The van der Waals surface area contributed by atoms with Crippen LogP contribution in [0.4, 0.5) is 5.13 Å². The zero-order chi connectivity index (χ0) is 10.8. The summed E-state index contributed by atoms with van der Waals surface area (Å²) < 4.78 is 0. The molecule has 1 aromatic rings. The smallest absolute Gasteiger partial charge is 0.188 e. The van der Waals surface area contributed by atoms with Gasteiger partial charge in [0.05, 0.1) is 0 Å². The Morgan fingerprint density at radius 2 is 2.47 bits per heavy atom. The molecule has 0 amide bonds. The molecule has 0 aliphatic carbocycles. The van der Waals surface area contributed by atoms with Crippen LogP contribution < -0.4 is 4.90 Å². The molecule has 80 valence electrons. The van der Waals surface area contributed by atoms with Crippen molar-refractivity contribution in [2.24, 2.45) is 0 Å². The number of aromatic nitrogens is 1. The number of nitrogens with zero attached hydrogens (tertiary/aromatic N) is 3. The Morgan fingerprint density at radius 3 is 3.07 bits per heavy atom. The zero-order valence-electron chi connectivity index (χ0n) is 8.23. The monoisotopic (exact) mass is 259 g/mol. The summed E-state index contributed by atoms with van der Waals surface area (Å²) in [6.07, 6.45) is 0. The van der Waals surface area contributed by atoms with E-state index in [9.17, 15) is 0 Å². The summed E-state index contributed by atoms with van der Waals surface area (Å²) in [5, 5.41) is 10.6. The van der Waals surface area contributed by atoms with E-state index in [4.69, 9.17) is 16.9 Å². The fourth-order valence-corrected chi connectivity index (χ4v) is 3.58. The molecule has 3 nitrogen and oxygen atoms in total. The van der Waals surface area contributed by atoms with Gasteiger partial charge in [-0.25, -0.2) is 4.98 Å². The first-order valence-corrected chi connectivity index (χ1v) is 6.88. The molecule has 6 heteroatoms. The lowest BCUT2D eigenvalue weighted by Crippen LogP contribution is -2.36. The van der Waals surface area contributed by atoms with Crippen molar-refractivity contribution in [3.05, 3.63) is 10.0 Å². The fourth-order valence-electron chi connectivity index (χ4n) is 1.49. The van der Waals surface area contributed by atoms with Gasteiger partial charge in [0.2, 0.25) is 0 Å². The highest BCUT2D eigenvalue weighted by Crippen LogP contribution is 2.31. The predicted octanol–water partition coefficient (Wildman–Crippen LogP) is 2.61. The molecule has 1 fully saturated rings. The molecule has 0 N–H and O–H groups in total. The van der Waals surface area contributed by atoms with E-state index in [0.29, 0.717) is 15.3 Å². The molecule has 0 spiro atoms. The largest absolute Gasteiger partial charge is 0.346 e. The Hall–Kier alpha value is -0.440. The second-order valence-electron chi connectivity index (χ2n) is 3.36. The molecule has 2 rings (SSSR count). The summed E-state index contributed by atoms with van der Waals surface area (Å²) in [5.41, 5.74) is 0. The molecule has 1 aliphatic heterocycles. The number of halogens is 1. The number of rotatable bonds is 1. The van der Waals surface area contributed by atoms with Gasteiger partial charge in [0, 0.05) is 24.1 Å². The minimum atomic E-state index is 0.336. The molecule has 1 aromatic heterocycles. The number of hydrogen-bond donors (Lipinski definition) is 0. The molecular formula is C9H10ClN3S2. The minimum Gasteiger partial charge on any atom is -0.346 e. The lowest BCUT2D eigenvalue weighted by atomic mass is 10.4. The van der Waals surface area contributed by atoms with Crippen molar-refractivity contribution < 1.29 is 0 Å². The van der Waals surface area contributed by atoms with Gasteiger partial charge in [0.15, 0.2) is 10.3 Å². The number of anilines is 1. The van der Waals surface area contributed by atoms with Crippen molar-refractivity contribution >= 4 is 39.8 Å². The summed E-state index contributed by atoms with van der Waals surface area (Å²) in [5.74, 6) is 1.11. The van der Waals surface area contributed by atoms with Crippen LogP contribution in [-0.2, 0) is 0 Å². The Labute approximate surface area is 102 Å². The van der Waals surface area contributed by atoms with Crippen molar-refractivity contribution in [3.8, 4) is 6.07 Å². The van der Waals surface area contributed by atoms with Crippen LogP contribution in [0.5, 0.6) is 0 Å². The molecular weight excluding hydrogens is 250 g/mol. The summed E-state index contributed by atoms with van der Waals surface area (Å²) in [6.45, 7) is 4.18. The van der Waals surface area contributed by atoms with Crippen LogP contribution in [0, 0.1) is 11.3 Å². The van der Waals surface area contributed by atoms with Crippen molar-refractivity contribution in [2.75, 3.05) is 23.7 Å². The molecule has 1 aliphatic rings. The van der Waals surface area contributed by atoms with Crippen LogP contribution in [-0.4, -0.2) is 29.1 Å². The molecule has 1 atom stereocenters. The number of thioether (sulfide) groups is 1. The summed E-state index contributed by atoms with van der Waals surface area (Å²) in [7, 11) is 0. The fraction of sp³-hybridized carbons (Fsp3) is 0.556. The lowest BCUT2D eigenvalue weighted by molar-refractivity contribution is 0.779. The van der Waals surface area contributed by atoms with Gasteiger partial charge in [-0.15, -0.1) is 0 Å². The SMILES string of the molecule is CC1CN(c2nc(Cl)c(C#N)s2)CCS1. The van der Waals surface area contributed by atoms with E-state index >= 15 is 0 Å². The Balaban J connectivity index is 2.18. The van der Waals surface area contributed by atoms with Crippen molar-refractivity contribution in [2.45, 2.75) is 12.2 Å². The van der Waals surface area contributed by atoms with Crippen LogP contribution >= 0.6 is 34.7 Å². The average Bonchev–Trinajstić information content (AvgIpc) is 2.60. The normalized spacial score (nSPS) is 21.4. The average molecular weight is 260 g/mol. The Kier molecular flexibility index (Phi) is 3.39. The molecule has 1 saturated heterocycles. The van der Waals surface area contributed by atoms with E-state index in [2.05, 4.69) is 22.9 Å². The van der Waals surface area contributed by atoms with E-state index in [1.54, 1.807) is 0 Å². The van der Waals surface area contributed by atoms with Crippen molar-refractivity contribution in [1.82, 2.24) is 4.98 Å². The first-order chi connectivity index (χ1) is 7.20. The van der Waals surface area contributed by atoms with E-state index in [0.717, 1.165) is 24.0 Å². The van der Waals surface area contributed by atoms with Crippen LogP contribution in [0.1, 0.15) is 11.8 Å². The van der Waals surface area contributed by atoms with Crippen LogP contribution in [0.3, 0.4) is 0 Å². The van der Waals surface area contributed by atoms with Gasteiger partial charge in [0.25, 0.3) is 0 Å². The van der Waals surface area contributed by atoms with E-state index in [-0.39, 0.29) is 0 Å². The zero-order valence-corrected chi connectivity index (χ0v) is 10.6. The molecule has 0 bridgehead atoms. The van der Waals surface area contributed by atoms with Gasteiger partial charge in [-0.3, -0.25) is 0 Å². The summed E-state index contributed by atoms with van der Waals surface area (Å²) in [4.78, 5) is 6.94. The minimum absolute atomic E-state index is 0.336. The van der Waals surface area contributed by atoms with Crippen LogP contribution in [0.15, 0.2) is 0 Å². The standard InChI is InChI=1S/C9H10ClN3S2/c1-6-5-13(2-3-14-6)9-12-8(10)7(4-11)15-9/h6H,2-3,5H2,1H3.